The summed E-state index contributed by atoms with van der Waals surface area (Å²) in [5.74, 6) is 0. The van der Waals surface area contributed by atoms with Crippen molar-refractivity contribution in [2.45, 2.75) is 33.6 Å². The van der Waals surface area contributed by atoms with E-state index in [9.17, 15) is 0 Å². The first-order valence-corrected chi connectivity index (χ1v) is 4.61. The van der Waals surface area contributed by atoms with Crippen LogP contribution in [0.2, 0.25) is 0 Å². The summed E-state index contributed by atoms with van der Waals surface area (Å²) in [4.78, 5) is 2.28. The summed E-state index contributed by atoms with van der Waals surface area (Å²) in [5, 5.41) is 8.77. The van der Waals surface area contributed by atoms with Crippen molar-refractivity contribution in [3.8, 4) is 6.07 Å². The predicted octanol–water partition coefficient (Wildman–Crippen LogP) is 2.27. The van der Waals surface area contributed by atoms with Gasteiger partial charge < -0.3 is 4.90 Å². The van der Waals surface area contributed by atoms with Gasteiger partial charge in [-0.2, -0.15) is 5.26 Å². The molecule has 0 saturated carbocycles. The number of hydrogen-bond donors (Lipinski definition) is 0. The molecule has 0 aliphatic heterocycles. The highest BCUT2D eigenvalue weighted by Crippen LogP contribution is 2.18. The van der Waals surface area contributed by atoms with Crippen molar-refractivity contribution in [3.05, 3.63) is 0 Å². The van der Waals surface area contributed by atoms with Gasteiger partial charge in [0, 0.05) is 0 Å². The van der Waals surface area contributed by atoms with Crippen molar-refractivity contribution in [2.75, 3.05) is 20.1 Å². The summed E-state index contributed by atoms with van der Waals surface area (Å²) >= 11 is 0. The first-order chi connectivity index (χ1) is 5.52. The van der Waals surface area contributed by atoms with Gasteiger partial charge in [0.2, 0.25) is 0 Å². The minimum Gasteiger partial charge on any atom is -0.306 e. The van der Waals surface area contributed by atoms with Crippen LogP contribution >= 0.6 is 0 Å². The molecule has 0 aromatic rings. The van der Waals surface area contributed by atoms with Gasteiger partial charge >= 0.3 is 0 Å². The minimum absolute atomic E-state index is 0.165. The van der Waals surface area contributed by atoms with E-state index in [2.05, 4.69) is 24.9 Å². The Balaban J connectivity index is 3.62. The molecule has 0 atom stereocenters. The second-order valence-corrected chi connectivity index (χ2v) is 4.05. The molecule has 2 nitrogen and oxygen atoms in total. The Morgan fingerprint density at radius 1 is 1.33 bits per heavy atom. The van der Waals surface area contributed by atoms with Gasteiger partial charge in [0.25, 0.3) is 0 Å². The van der Waals surface area contributed by atoms with E-state index in [1.54, 1.807) is 0 Å². The zero-order valence-electron chi connectivity index (χ0n) is 8.72. The molecule has 0 spiro atoms. The Morgan fingerprint density at radius 3 is 2.33 bits per heavy atom. The third-order valence-corrected chi connectivity index (χ3v) is 2.03. The van der Waals surface area contributed by atoms with Crippen molar-refractivity contribution >= 4 is 0 Å². The minimum atomic E-state index is -0.165. The van der Waals surface area contributed by atoms with Crippen LogP contribution in [0.15, 0.2) is 0 Å². The lowest BCUT2D eigenvalue weighted by Gasteiger charge is -2.20. The monoisotopic (exact) mass is 168 g/mol. The molecule has 0 bridgehead atoms. The van der Waals surface area contributed by atoms with E-state index < -0.39 is 0 Å². The van der Waals surface area contributed by atoms with Gasteiger partial charge in [-0.1, -0.05) is 6.92 Å². The molecule has 0 rings (SSSR count). The van der Waals surface area contributed by atoms with Crippen LogP contribution in [0, 0.1) is 16.7 Å². The average molecular weight is 168 g/mol. The number of nitrogens with zero attached hydrogens (tertiary/aromatic N) is 2. The lowest BCUT2D eigenvalue weighted by atomic mass is 9.91. The fourth-order valence-corrected chi connectivity index (χ4v) is 1.02. The third kappa shape index (κ3) is 5.15. The molecule has 0 N–H and O–H groups in total. The second-order valence-electron chi connectivity index (χ2n) is 4.05. The fourth-order valence-electron chi connectivity index (χ4n) is 1.02. The van der Waals surface area contributed by atoms with E-state index in [1.165, 1.54) is 6.42 Å². The summed E-state index contributed by atoms with van der Waals surface area (Å²) in [7, 11) is 2.11. The third-order valence-electron chi connectivity index (χ3n) is 2.03. The van der Waals surface area contributed by atoms with Gasteiger partial charge in [0.15, 0.2) is 0 Å². The van der Waals surface area contributed by atoms with Crippen molar-refractivity contribution in [2.24, 2.45) is 5.41 Å². The zero-order valence-corrected chi connectivity index (χ0v) is 8.72. The largest absolute Gasteiger partial charge is 0.306 e. The summed E-state index contributed by atoms with van der Waals surface area (Å²) in [6.45, 7) is 8.31. The second kappa shape index (κ2) is 5.16. The van der Waals surface area contributed by atoms with Crippen LogP contribution in [0.5, 0.6) is 0 Å². The molecule has 70 valence electrons. The lowest BCUT2D eigenvalue weighted by molar-refractivity contribution is 0.287. The van der Waals surface area contributed by atoms with Crippen LogP contribution in [-0.4, -0.2) is 25.0 Å². The standard InChI is InChI=1S/C10H20N2/c1-5-7-12(4)8-6-10(2,3)9-11/h5-8H2,1-4H3. The topological polar surface area (TPSA) is 27.0 Å². The molecule has 0 aromatic heterocycles. The summed E-state index contributed by atoms with van der Waals surface area (Å²) in [6, 6.07) is 2.31. The molecule has 0 amide bonds. The summed E-state index contributed by atoms with van der Waals surface area (Å²) in [6.07, 6.45) is 2.14. The molecule has 0 heterocycles. The molecule has 0 aromatic carbocycles. The van der Waals surface area contributed by atoms with Gasteiger partial charge in [-0.25, -0.2) is 0 Å². The molecular formula is C10H20N2. The van der Waals surface area contributed by atoms with Gasteiger partial charge in [-0.15, -0.1) is 0 Å². The normalized spacial score (nSPS) is 11.7. The van der Waals surface area contributed by atoms with E-state index >= 15 is 0 Å². The summed E-state index contributed by atoms with van der Waals surface area (Å²) < 4.78 is 0. The molecule has 12 heavy (non-hydrogen) atoms. The van der Waals surface area contributed by atoms with E-state index in [0.717, 1.165) is 19.5 Å². The number of rotatable bonds is 5. The van der Waals surface area contributed by atoms with Crippen LogP contribution < -0.4 is 0 Å². The maximum absolute atomic E-state index is 8.77. The van der Waals surface area contributed by atoms with Crippen molar-refractivity contribution in [3.63, 3.8) is 0 Å². The smallest absolute Gasteiger partial charge is 0.0684 e. The maximum atomic E-state index is 8.77. The zero-order chi connectivity index (χ0) is 9.61. The van der Waals surface area contributed by atoms with Crippen LogP contribution in [0.3, 0.4) is 0 Å². The number of hydrogen-bond acceptors (Lipinski definition) is 2. The SMILES string of the molecule is CCCN(C)CCC(C)(C)C#N. The first-order valence-electron chi connectivity index (χ1n) is 4.61. The Bertz CT molecular complexity index is 156. The number of nitriles is 1. The van der Waals surface area contributed by atoms with Crippen molar-refractivity contribution in [1.82, 2.24) is 4.90 Å². The molecule has 0 aliphatic rings. The Labute approximate surface area is 76.2 Å². The molecule has 2 heteroatoms. The van der Waals surface area contributed by atoms with Crippen molar-refractivity contribution < 1.29 is 0 Å². The van der Waals surface area contributed by atoms with Crippen LogP contribution in [0.1, 0.15) is 33.6 Å². The van der Waals surface area contributed by atoms with E-state index in [1.807, 2.05) is 13.8 Å². The van der Waals surface area contributed by atoms with Gasteiger partial charge in [0.05, 0.1) is 11.5 Å². The maximum Gasteiger partial charge on any atom is 0.0684 e. The quantitative estimate of drug-likeness (QED) is 0.629. The highest BCUT2D eigenvalue weighted by Gasteiger charge is 2.16. The molecule has 0 saturated heterocycles. The molecule has 0 radical (unpaired) electrons. The van der Waals surface area contributed by atoms with E-state index in [4.69, 9.17) is 5.26 Å². The molecule has 0 aliphatic carbocycles. The Kier molecular flexibility index (Phi) is 4.92. The highest BCUT2D eigenvalue weighted by atomic mass is 15.1. The van der Waals surface area contributed by atoms with Crippen LogP contribution in [-0.2, 0) is 0 Å². The van der Waals surface area contributed by atoms with Crippen LogP contribution in [0.4, 0.5) is 0 Å². The van der Waals surface area contributed by atoms with Crippen LogP contribution in [0.25, 0.3) is 0 Å². The summed E-state index contributed by atoms with van der Waals surface area (Å²) in [5.41, 5.74) is -0.165. The van der Waals surface area contributed by atoms with Gasteiger partial charge in [0.1, 0.15) is 0 Å². The molecule has 0 fully saturated rings. The molecule has 0 unspecified atom stereocenters. The lowest BCUT2D eigenvalue weighted by Crippen LogP contribution is -2.24. The van der Waals surface area contributed by atoms with Gasteiger partial charge in [-0.05, 0) is 46.8 Å². The van der Waals surface area contributed by atoms with Crippen molar-refractivity contribution in [1.29, 1.82) is 5.26 Å². The van der Waals surface area contributed by atoms with Gasteiger partial charge in [-0.3, -0.25) is 0 Å². The average Bonchev–Trinajstić information content (AvgIpc) is 2.02. The first kappa shape index (κ1) is 11.4. The van der Waals surface area contributed by atoms with E-state index in [0.29, 0.717) is 0 Å². The highest BCUT2D eigenvalue weighted by molar-refractivity contribution is 4.91. The Morgan fingerprint density at radius 2 is 1.92 bits per heavy atom. The predicted molar refractivity (Wildman–Crippen MR) is 51.8 cm³/mol. The Hall–Kier alpha value is -0.550. The molecular weight excluding hydrogens is 148 g/mol. The van der Waals surface area contributed by atoms with E-state index in [-0.39, 0.29) is 5.41 Å². The fraction of sp³-hybridized carbons (Fsp3) is 0.900.